The van der Waals surface area contributed by atoms with Gasteiger partial charge in [0.25, 0.3) is 0 Å². The first-order chi connectivity index (χ1) is 13.3. The fourth-order valence-electron chi connectivity index (χ4n) is 2.61. The molecule has 3 rings (SSSR count). The first kappa shape index (κ1) is 19.5. The number of anilines is 1. The monoisotopic (exact) mass is 392 g/mol. The van der Waals surface area contributed by atoms with Gasteiger partial charge >= 0.3 is 23.4 Å². The van der Waals surface area contributed by atoms with E-state index in [1.54, 1.807) is 32.2 Å². The molecular formula is C20H17F3NO4+. The van der Waals surface area contributed by atoms with Crippen molar-refractivity contribution < 1.29 is 31.9 Å². The standard InChI is InChI=1S/C20H16F3NO4/c1-3-27-18-11-17(12-4-7-14(26-2)8-5-12)28-16-9-6-13(10-15(16)18)24-19(25)20(21,22)23/h4-11H,3H2,1-2H3/p+1. The van der Waals surface area contributed by atoms with E-state index in [0.29, 0.717) is 34.8 Å². The Balaban J connectivity index is 2.03. The predicted octanol–water partition coefficient (Wildman–Crippen LogP) is 5.29. The molecule has 0 saturated carbocycles. The summed E-state index contributed by atoms with van der Waals surface area (Å²) < 4.78 is 54.1. The van der Waals surface area contributed by atoms with Gasteiger partial charge in [-0.05, 0) is 43.3 Å². The minimum Gasteiger partial charge on any atom is -0.497 e. The van der Waals surface area contributed by atoms with Crippen LogP contribution < -0.4 is 14.8 Å². The third-order valence-electron chi connectivity index (χ3n) is 3.92. The van der Waals surface area contributed by atoms with E-state index in [1.807, 2.05) is 17.4 Å². The Labute approximate surface area is 158 Å². The summed E-state index contributed by atoms with van der Waals surface area (Å²) in [6.07, 6.45) is -4.97. The molecule has 1 aromatic heterocycles. The average molecular weight is 392 g/mol. The van der Waals surface area contributed by atoms with E-state index in [-0.39, 0.29) is 5.69 Å². The van der Waals surface area contributed by atoms with Gasteiger partial charge in [0, 0.05) is 11.8 Å². The van der Waals surface area contributed by atoms with Gasteiger partial charge in [0.15, 0.2) is 0 Å². The molecule has 1 N–H and O–H groups in total. The van der Waals surface area contributed by atoms with E-state index < -0.39 is 12.1 Å². The van der Waals surface area contributed by atoms with Crippen LogP contribution in [0.3, 0.4) is 0 Å². The second-order valence-corrected chi connectivity index (χ2v) is 5.80. The second-order valence-electron chi connectivity index (χ2n) is 5.80. The van der Waals surface area contributed by atoms with Crippen LogP contribution in [0.4, 0.5) is 18.9 Å². The molecule has 0 aliphatic heterocycles. The van der Waals surface area contributed by atoms with Crippen molar-refractivity contribution in [1.82, 2.24) is 0 Å². The summed E-state index contributed by atoms with van der Waals surface area (Å²) in [5.74, 6) is -0.403. The molecule has 0 saturated heterocycles. The lowest BCUT2D eigenvalue weighted by Gasteiger charge is -2.09. The summed E-state index contributed by atoms with van der Waals surface area (Å²) in [4.78, 5) is 11.2. The van der Waals surface area contributed by atoms with Gasteiger partial charge < -0.3 is 14.8 Å². The highest BCUT2D eigenvalue weighted by Gasteiger charge is 2.38. The van der Waals surface area contributed by atoms with Crippen LogP contribution in [0.5, 0.6) is 11.5 Å². The summed E-state index contributed by atoms with van der Waals surface area (Å²) in [5.41, 5.74) is 1.17. The van der Waals surface area contributed by atoms with Gasteiger partial charge in [-0.2, -0.15) is 13.2 Å². The lowest BCUT2D eigenvalue weighted by molar-refractivity contribution is -0.167. The summed E-state index contributed by atoms with van der Waals surface area (Å²) in [7, 11) is 1.57. The third kappa shape index (κ3) is 4.16. The number of nitrogens with one attached hydrogen (secondary N) is 1. The molecule has 5 nitrogen and oxygen atoms in total. The van der Waals surface area contributed by atoms with Crippen molar-refractivity contribution in [2.75, 3.05) is 19.0 Å². The Bertz CT molecular complexity index is 1000. The SMILES string of the molecule is CCOc1cc(-c2ccc(OC)cc2)[o+]c2ccc(NC(=O)C(F)(F)F)cc12. The zero-order chi connectivity index (χ0) is 20.3. The van der Waals surface area contributed by atoms with Crippen molar-refractivity contribution in [3.05, 3.63) is 48.5 Å². The normalized spacial score (nSPS) is 11.3. The highest BCUT2D eigenvalue weighted by Crippen LogP contribution is 2.35. The number of amides is 1. The fraction of sp³-hybridized carbons (Fsp3) is 0.200. The number of fused-ring (bicyclic) bond motifs is 1. The zero-order valence-corrected chi connectivity index (χ0v) is 15.1. The van der Waals surface area contributed by atoms with Crippen molar-refractivity contribution >= 4 is 22.6 Å². The number of rotatable bonds is 5. The minimum absolute atomic E-state index is 0.0109. The van der Waals surface area contributed by atoms with Crippen molar-refractivity contribution in [3.8, 4) is 22.8 Å². The van der Waals surface area contributed by atoms with Gasteiger partial charge in [-0.1, -0.05) is 0 Å². The molecule has 0 fully saturated rings. The Kier molecular flexibility index (Phi) is 5.39. The predicted molar refractivity (Wildman–Crippen MR) is 98.5 cm³/mol. The highest BCUT2D eigenvalue weighted by atomic mass is 19.4. The van der Waals surface area contributed by atoms with E-state index in [9.17, 15) is 18.0 Å². The molecule has 0 spiro atoms. The van der Waals surface area contributed by atoms with Gasteiger partial charge in [-0.3, -0.25) is 4.79 Å². The molecule has 146 valence electrons. The van der Waals surface area contributed by atoms with Crippen LogP contribution >= 0.6 is 0 Å². The van der Waals surface area contributed by atoms with Gasteiger partial charge in [-0.15, -0.1) is 0 Å². The van der Waals surface area contributed by atoms with Crippen molar-refractivity contribution in [2.24, 2.45) is 0 Å². The van der Waals surface area contributed by atoms with Crippen molar-refractivity contribution in [3.63, 3.8) is 0 Å². The molecule has 3 aromatic rings. The molecule has 0 radical (unpaired) electrons. The van der Waals surface area contributed by atoms with E-state index in [0.717, 1.165) is 5.56 Å². The Hall–Kier alpha value is -3.29. The summed E-state index contributed by atoms with van der Waals surface area (Å²) >= 11 is 0. The first-order valence-corrected chi connectivity index (χ1v) is 8.38. The van der Waals surface area contributed by atoms with Gasteiger partial charge in [0.05, 0.1) is 25.3 Å². The van der Waals surface area contributed by atoms with Crippen LogP contribution in [0.25, 0.3) is 22.3 Å². The number of hydrogen-bond donors (Lipinski definition) is 1. The second kappa shape index (κ2) is 7.75. The molecule has 0 atom stereocenters. The smallest absolute Gasteiger partial charge is 0.471 e. The number of carbonyl (C=O) groups excluding carboxylic acids is 1. The Morgan fingerprint density at radius 1 is 1.11 bits per heavy atom. The van der Waals surface area contributed by atoms with Gasteiger partial charge in [0.1, 0.15) is 16.9 Å². The number of carbonyl (C=O) groups is 1. The van der Waals surface area contributed by atoms with Gasteiger partial charge in [0.2, 0.25) is 0 Å². The number of methoxy groups -OCH3 is 1. The maximum absolute atomic E-state index is 12.5. The van der Waals surface area contributed by atoms with Crippen molar-refractivity contribution in [2.45, 2.75) is 13.1 Å². The molecule has 0 aliphatic rings. The average Bonchev–Trinajstić information content (AvgIpc) is 2.67. The number of alkyl halides is 3. The van der Waals surface area contributed by atoms with Crippen LogP contribution in [0.2, 0.25) is 0 Å². The van der Waals surface area contributed by atoms with Crippen LogP contribution in [0.1, 0.15) is 6.92 Å². The fourth-order valence-corrected chi connectivity index (χ4v) is 2.61. The molecular weight excluding hydrogens is 375 g/mol. The molecule has 0 aliphatic carbocycles. The Morgan fingerprint density at radius 3 is 2.43 bits per heavy atom. The molecule has 0 bridgehead atoms. The number of benzene rings is 2. The lowest BCUT2D eigenvalue weighted by Crippen LogP contribution is -2.29. The maximum Gasteiger partial charge on any atom is 0.471 e. The van der Waals surface area contributed by atoms with Crippen LogP contribution in [-0.4, -0.2) is 25.8 Å². The molecule has 1 heterocycles. The maximum atomic E-state index is 12.5. The van der Waals surface area contributed by atoms with Gasteiger partial charge in [-0.25, -0.2) is 4.42 Å². The van der Waals surface area contributed by atoms with Crippen molar-refractivity contribution in [1.29, 1.82) is 0 Å². The number of hydrogen-bond acceptors (Lipinski definition) is 3. The van der Waals surface area contributed by atoms with E-state index in [2.05, 4.69) is 0 Å². The quantitative estimate of drug-likeness (QED) is 0.600. The summed E-state index contributed by atoms with van der Waals surface area (Å²) in [6.45, 7) is 2.14. The molecule has 1 amide bonds. The van der Waals surface area contributed by atoms with E-state index in [4.69, 9.17) is 13.9 Å². The summed E-state index contributed by atoms with van der Waals surface area (Å²) in [5, 5.41) is 2.27. The van der Waals surface area contributed by atoms with Crippen LogP contribution in [-0.2, 0) is 4.79 Å². The zero-order valence-electron chi connectivity index (χ0n) is 15.1. The van der Waals surface area contributed by atoms with Crippen LogP contribution in [0.15, 0.2) is 52.9 Å². The van der Waals surface area contributed by atoms with Crippen LogP contribution in [0, 0.1) is 0 Å². The van der Waals surface area contributed by atoms with E-state index in [1.165, 1.54) is 18.2 Å². The largest absolute Gasteiger partial charge is 0.497 e. The molecule has 8 heteroatoms. The third-order valence-corrected chi connectivity index (χ3v) is 3.92. The minimum atomic E-state index is -4.97. The lowest BCUT2D eigenvalue weighted by atomic mass is 10.1. The first-order valence-electron chi connectivity index (χ1n) is 8.38. The molecule has 2 aromatic carbocycles. The molecule has 0 unspecified atom stereocenters. The number of ether oxygens (including phenoxy) is 2. The summed E-state index contributed by atoms with van der Waals surface area (Å²) in [6, 6.07) is 13.1. The Morgan fingerprint density at radius 2 is 1.82 bits per heavy atom. The number of halogens is 3. The highest BCUT2D eigenvalue weighted by molar-refractivity contribution is 5.97. The molecule has 28 heavy (non-hydrogen) atoms. The topological polar surface area (TPSA) is 58.9 Å². The van der Waals surface area contributed by atoms with E-state index >= 15 is 0 Å².